The van der Waals surface area contributed by atoms with E-state index in [1.807, 2.05) is 31.2 Å². The van der Waals surface area contributed by atoms with Crippen LogP contribution in [0, 0.1) is 6.92 Å². The maximum atomic E-state index is 15.1. The zero-order valence-electron chi connectivity index (χ0n) is 14.4. The van der Waals surface area contributed by atoms with Crippen LogP contribution < -0.4 is 5.73 Å². The number of hydrogen-bond donors (Lipinski definition) is 2. The van der Waals surface area contributed by atoms with Gasteiger partial charge in [-0.2, -0.15) is 8.78 Å². The molecule has 3 nitrogen and oxygen atoms in total. The van der Waals surface area contributed by atoms with E-state index in [0.29, 0.717) is 0 Å². The Bertz CT molecular complexity index is 865. The van der Waals surface area contributed by atoms with Gasteiger partial charge in [-0.3, -0.25) is 4.98 Å². The van der Waals surface area contributed by atoms with Crippen molar-refractivity contribution in [3.63, 3.8) is 0 Å². The molecule has 1 heterocycles. The van der Waals surface area contributed by atoms with E-state index in [2.05, 4.69) is 4.98 Å². The molecule has 0 saturated carbocycles. The molecular weight excluding hydrogens is 334 g/mol. The van der Waals surface area contributed by atoms with E-state index in [0.717, 1.165) is 16.7 Å². The van der Waals surface area contributed by atoms with Crippen LogP contribution in [0.1, 0.15) is 16.8 Å². The van der Waals surface area contributed by atoms with Crippen molar-refractivity contribution in [3.8, 4) is 11.1 Å². The first-order chi connectivity index (χ1) is 12.4. The van der Waals surface area contributed by atoms with Gasteiger partial charge in [0, 0.05) is 18.3 Å². The molecule has 0 aliphatic heterocycles. The van der Waals surface area contributed by atoms with Crippen molar-refractivity contribution in [3.05, 3.63) is 89.7 Å². The zero-order chi connectivity index (χ0) is 18.8. The molecule has 0 unspecified atom stereocenters. The molecule has 1 atom stereocenters. The Labute approximate surface area is 151 Å². The molecule has 0 bridgehead atoms. The highest BCUT2D eigenvalue weighted by molar-refractivity contribution is 5.62. The molecular formula is C21H20F2N2O. The Morgan fingerprint density at radius 1 is 0.923 bits per heavy atom. The van der Waals surface area contributed by atoms with Gasteiger partial charge in [0.1, 0.15) is 5.69 Å². The van der Waals surface area contributed by atoms with Crippen LogP contribution in [0.25, 0.3) is 11.1 Å². The largest absolute Gasteiger partial charge is 0.377 e. The van der Waals surface area contributed by atoms with Gasteiger partial charge in [-0.1, -0.05) is 66.2 Å². The summed E-state index contributed by atoms with van der Waals surface area (Å²) < 4.78 is 30.2. The molecule has 1 aromatic heterocycles. The summed E-state index contributed by atoms with van der Waals surface area (Å²) in [4.78, 5) is 3.92. The molecule has 0 aliphatic rings. The number of aromatic nitrogens is 1. The number of nitrogens with zero attached hydrogens (tertiary/aromatic N) is 1. The predicted molar refractivity (Wildman–Crippen MR) is 97.7 cm³/mol. The average molecular weight is 354 g/mol. The SMILES string of the molecule is Cc1ccc(-c2ccc(C(F)(F)[C@@](O)(CN)c3ccccc3)nc2)cc1. The van der Waals surface area contributed by atoms with E-state index >= 15 is 8.78 Å². The fourth-order valence-electron chi connectivity index (χ4n) is 2.85. The van der Waals surface area contributed by atoms with Crippen molar-refractivity contribution in [1.82, 2.24) is 4.98 Å². The number of hydrogen-bond acceptors (Lipinski definition) is 3. The normalized spacial score (nSPS) is 14.0. The number of benzene rings is 2. The van der Waals surface area contributed by atoms with Gasteiger partial charge in [0.2, 0.25) is 0 Å². The van der Waals surface area contributed by atoms with Crippen LogP contribution >= 0.6 is 0 Å². The van der Waals surface area contributed by atoms with Crippen molar-refractivity contribution in [1.29, 1.82) is 0 Å². The minimum absolute atomic E-state index is 0.0527. The number of alkyl halides is 2. The molecule has 0 spiro atoms. The van der Waals surface area contributed by atoms with Gasteiger partial charge >= 0.3 is 5.92 Å². The Balaban J connectivity index is 1.97. The first-order valence-corrected chi connectivity index (χ1v) is 8.28. The lowest BCUT2D eigenvalue weighted by Crippen LogP contribution is -2.49. The molecule has 26 heavy (non-hydrogen) atoms. The summed E-state index contributed by atoms with van der Waals surface area (Å²) in [7, 11) is 0. The van der Waals surface area contributed by atoms with Gasteiger partial charge in [-0.15, -0.1) is 0 Å². The molecule has 0 aliphatic carbocycles. The van der Waals surface area contributed by atoms with Gasteiger partial charge in [-0.25, -0.2) is 0 Å². The molecule has 134 valence electrons. The number of rotatable bonds is 5. The molecule has 0 saturated heterocycles. The van der Waals surface area contributed by atoms with Crippen molar-refractivity contribution in [2.75, 3.05) is 6.54 Å². The Kier molecular flexibility index (Phi) is 4.85. The lowest BCUT2D eigenvalue weighted by atomic mass is 9.85. The van der Waals surface area contributed by atoms with E-state index in [-0.39, 0.29) is 5.56 Å². The third kappa shape index (κ3) is 3.11. The van der Waals surface area contributed by atoms with Crippen LogP contribution in [0.5, 0.6) is 0 Å². The van der Waals surface area contributed by atoms with Crippen molar-refractivity contribution < 1.29 is 13.9 Å². The van der Waals surface area contributed by atoms with Crippen LogP contribution in [-0.4, -0.2) is 16.6 Å². The Morgan fingerprint density at radius 3 is 2.08 bits per heavy atom. The zero-order valence-corrected chi connectivity index (χ0v) is 14.4. The van der Waals surface area contributed by atoms with Crippen LogP contribution in [0.3, 0.4) is 0 Å². The van der Waals surface area contributed by atoms with E-state index in [4.69, 9.17) is 5.73 Å². The predicted octanol–water partition coefficient (Wildman–Crippen LogP) is 4.00. The molecule has 0 amide bonds. The van der Waals surface area contributed by atoms with Gasteiger partial charge < -0.3 is 10.8 Å². The summed E-state index contributed by atoms with van der Waals surface area (Å²) in [6.45, 7) is 1.34. The summed E-state index contributed by atoms with van der Waals surface area (Å²) >= 11 is 0. The molecule has 2 aromatic carbocycles. The Hall–Kier alpha value is -2.63. The minimum atomic E-state index is -3.64. The standard InChI is InChI=1S/C21H20F2N2O/c1-15-7-9-16(10-8-15)17-11-12-19(25-13-17)21(22,23)20(26,14-24)18-5-3-2-4-6-18/h2-13,26H,14,24H2,1H3/t20-/m1/s1. The van der Waals surface area contributed by atoms with Crippen molar-refractivity contribution in [2.24, 2.45) is 5.73 Å². The average Bonchev–Trinajstić information content (AvgIpc) is 2.68. The van der Waals surface area contributed by atoms with Gasteiger partial charge in [-0.05, 0) is 24.1 Å². The fraction of sp³-hybridized carbons (Fsp3) is 0.190. The first-order valence-electron chi connectivity index (χ1n) is 8.28. The van der Waals surface area contributed by atoms with Crippen LogP contribution in [0.2, 0.25) is 0 Å². The van der Waals surface area contributed by atoms with Crippen LogP contribution in [0.15, 0.2) is 72.9 Å². The topological polar surface area (TPSA) is 59.1 Å². The summed E-state index contributed by atoms with van der Waals surface area (Å²) in [5.41, 5.74) is 5.25. The molecule has 3 N–H and O–H groups in total. The van der Waals surface area contributed by atoms with Gasteiger partial charge in [0.15, 0.2) is 5.60 Å². The number of pyridine rings is 1. The highest BCUT2D eigenvalue weighted by atomic mass is 19.3. The number of nitrogens with two attached hydrogens (primary N) is 1. The summed E-state index contributed by atoms with van der Waals surface area (Å²) in [6.07, 6.45) is 1.38. The Morgan fingerprint density at radius 2 is 1.54 bits per heavy atom. The lowest BCUT2D eigenvalue weighted by molar-refractivity contribution is -0.192. The van der Waals surface area contributed by atoms with Crippen molar-refractivity contribution in [2.45, 2.75) is 18.4 Å². The molecule has 3 rings (SSSR count). The second kappa shape index (κ2) is 6.94. The molecule has 0 fully saturated rings. The summed E-state index contributed by atoms with van der Waals surface area (Å²) in [5.74, 6) is -3.64. The minimum Gasteiger partial charge on any atom is -0.377 e. The van der Waals surface area contributed by atoms with E-state index in [1.54, 1.807) is 24.3 Å². The molecule has 3 aromatic rings. The highest BCUT2D eigenvalue weighted by Crippen LogP contribution is 2.44. The smallest absolute Gasteiger partial charge is 0.323 e. The third-order valence-corrected chi connectivity index (χ3v) is 4.54. The van der Waals surface area contributed by atoms with E-state index in [9.17, 15) is 5.11 Å². The summed E-state index contributed by atoms with van der Waals surface area (Å²) in [5, 5.41) is 10.7. The maximum Gasteiger partial charge on any atom is 0.323 e. The van der Waals surface area contributed by atoms with Crippen molar-refractivity contribution >= 4 is 0 Å². The van der Waals surface area contributed by atoms with Gasteiger partial charge in [0.25, 0.3) is 0 Å². The number of halogens is 2. The molecule has 0 radical (unpaired) electrons. The quantitative estimate of drug-likeness (QED) is 0.728. The lowest BCUT2D eigenvalue weighted by Gasteiger charge is -2.34. The first kappa shape index (κ1) is 18.2. The van der Waals surface area contributed by atoms with E-state index < -0.39 is 23.8 Å². The number of aryl methyl sites for hydroxylation is 1. The third-order valence-electron chi connectivity index (χ3n) is 4.54. The van der Waals surface area contributed by atoms with Crippen LogP contribution in [-0.2, 0) is 11.5 Å². The van der Waals surface area contributed by atoms with E-state index in [1.165, 1.54) is 24.4 Å². The van der Waals surface area contributed by atoms with Crippen LogP contribution in [0.4, 0.5) is 8.78 Å². The monoisotopic (exact) mass is 354 g/mol. The highest BCUT2D eigenvalue weighted by Gasteiger charge is 2.55. The second-order valence-electron chi connectivity index (χ2n) is 6.30. The fourth-order valence-corrected chi connectivity index (χ4v) is 2.85. The second-order valence-corrected chi connectivity index (χ2v) is 6.30. The molecule has 5 heteroatoms. The maximum absolute atomic E-state index is 15.1. The number of aliphatic hydroxyl groups is 1. The van der Waals surface area contributed by atoms with Gasteiger partial charge in [0.05, 0.1) is 0 Å². The summed E-state index contributed by atoms with van der Waals surface area (Å²) in [6, 6.07) is 18.2.